The number of nitrogens with zero attached hydrogens (tertiary/aromatic N) is 1. The molecule has 0 aromatic carbocycles. The molecule has 22 heavy (non-hydrogen) atoms. The number of piperidine rings is 1. The minimum absolute atomic E-state index is 0.0900. The second kappa shape index (κ2) is 7.81. The summed E-state index contributed by atoms with van der Waals surface area (Å²) in [4.78, 5) is 25.5. The van der Waals surface area contributed by atoms with Crippen LogP contribution in [0.4, 0.5) is 4.79 Å². The molecule has 2 amide bonds. The van der Waals surface area contributed by atoms with Gasteiger partial charge in [0.05, 0.1) is 0 Å². The van der Waals surface area contributed by atoms with Gasteiger partial charge in [-0.2, -0.15) is 0 Å². The number of ether oxygens (including phenoxy) is 1. The molecular weight excluding hydrogens is 284 g/mol. The average Bonchev–Trinajstić information content (AvgIpc) is 2.42. The van der Waals surface area contributed by atoms with Crippen LogP contribution in [-0.4, -0.2) is 53.3 Å². The molecule has 128 valence electrons. The van der Waals surface area contributed by atoms with Crippen molar-refractivity contribution in [3.05, 3.63) is 0 Å². The van der Waals surface area contributed by atoms with Gasteiger partial charge in [-0.3, -0.25) is 4.79 Å². The molecule has 1 rings (SSSR count). The molecular formula is C16H30N2O4. The number of hydrogen-bond donors (Lipinski definition) is 2. The summed E-state index contributed by atoms with van der Waals surface area (Å²) in [6.07, 6.45) is 0.463. The molecule has 6 nitrogen and oxygen atoms in total. The summed E-state index contributed by atoms with van der Waals surface area (Å²) in [5, 5.41) is 12.7. The first-order valence-electron chi connectivity index (χ1n) is 8.04. The maximum Gasteiger partial charge on any atom is 0.407 e. The Morgan fingerprint density at radius 1 is 1.36 bits per heavy atom. The standard InChI is InChI=1S/C16H30N2O4/c1-11(2)13(19)14(20)18-8-6-7-12(10-18)9-17-15(21)22-16(3,4)5/h11-13,19H,6-10H2,1-5H3,(H,17,21)/t12-,13?/m0/s1. The normalized spacial score (nSPS) is 20.7. The van der Waals surface area contributed by atoms with Gasteiger partial charge in [-0.05, 0) is 45.4 Å². The smallest absolute Gasteiger partial charge is 0.407 e. The Labute approximate surface area is 133 Å². The highest BCUT2D eigenvalue weighted by Crippen LogP contribution is 2.18. The van der Waals surface area contributed by atoms with Crippen LogP contribution in [0.25, 0.3) is 0 Å². The number of nitrogens with one attached hydrogen (secondary N) is 1. The van der Waals surface area contributed by atoms with Crippen molar-refractivity contribution in [2.75, 3.05) is 19.6 Å². The number of aliphatic hydroxyl groups excluding tert-OH is 1. The SMILES string of the molecule is CC(C)C(O)C(=O)N1CCC[C@@H](CNC(=O)OC(C)(C)C)C1. The van der Waals surface area contributed by atoms with Crippen molar-refractivity contribution in [2.24, 2.45) is 11.8 Å². The monoisotopic (exact) mass is 314 g/mol. The molecule has 0 aromatic heterocycles. The van der Waals surface area contributed by atoms with Crippen LogP contribution in [0.15, 0.2) is 0 Å². The quantitative estimate of drug-likeness (QED) is 0.829. The largest absolute Gasteiger partial charge is 0.444 e. The number of amides is 2. The molecule has 0 aliphatic carbocycles. The number of rotatable bonds is 4. The van der Waals surface area contributed by atoms with E-state index in [0.717, 1.165) is 12.8 Å². The number of carbonyl (C=O) groups is 2. The van der Waals surface area contributed by atoms with E-state index in [4.69, 9.17) is 4.74 Å². The second-order valence-corrected chi connectivity index (χ2v) is 7.36. The summed E-state index contributed by atoms with van der Waals surface area (Å²) in [6, 6.07) is 0. The van der Waals surface area contributed by atoms with E-state index in [1.54, 1.807) is 4.90 Å². The van der Waals surface area contributed by atoms with Gasteiger partial charge < -0.3 is 20.1 Å². The molecule has 1 aliphatic heterocycles. The molecule has 0 spiro atoms. The van der Waals surface area contributed by atoms with Crippen molar-refractivity contribution < 1.29 is 19.4 Å². The molecule has 2 atom stereocenters. The van der Waals surface area contributed by atoms with Crippen LogP contribution in [0.3, 0.4) is 0 Å². The Morgan fingerprint density at radius 2 is 2.00 bits per heavy atom. The summed E-state index contributed by atoms with van der Waals surface area (Å²) in [5.74, 6) is -0.102. The van der Waals surface area contributed by atoms with Gasteiger partial charge in [0.25, 0.3) is 5.91 Å². The molecule has 0 radical (unpaired) electrons. The van der Waals surface area contributed by atoms with E-state index in [1.165, 1.54) is 0 Å². The van der Waals surface area contributed by atoms with Crippen molar-refractivity contribution in [1.29, 1.82) is 0 Å². The molecule has 1 fully saturated rings. The minimum Gasteiger partial charge on any atom is -0.444 e. The highest BCUT2D eigenvalue weighted by atomic mass is 16.6. The Morgan fingerprint density at radius 3 is 2.55 bits per heavy atom. The van der Waals surface area contributed by atoms with Crippen LogP contribution in [-0.2, 0) is 9.53 Å². The van der Waals surface area contributed by atoms with E-state index < -0.39 is 17.8 Å². The van der Waals surface area contributed by atoms with Crippen LogP contribution in [0.1, 0.15) is 47.5 Å². The average molecular weight is 314 g/mol. The van der Waals surface area contributed by atoms with Gasteiger partial charge in [0.1, 0.15) is 11.7 Å². The van der Waals surface area contributed by atoms with Crippen molar-refractivity contribution in [1.82, 2.24) is 10.2 Å². The lowest BCUT2D eigenvalue weighted by Gasteiger charge is -2.34. The van der Waals surface area contributed by atoms with Crippen LogP contribution in [0.5, 0.6) is 0 Å². The maximum atomic E-state index is 12.2. The van der Waals surface area contributed by atoms with Gasteiger partial charge in [-0.1, -0.05) is 13.8 Å². The van der Waals surface area contributed by atoms with E-state index in [0.29, 0.717) is 19.6 Å². The first-order chi connectivity index (χ1) is 10.1. The van der Waals surface area contributed by atoms with Crippen LogP contribution < -0.4 is 5.32 Å². The third-order valence-corrected chi connectivity index (χ3v) is 3.65. The second-order valence-electron chi connectivity index (χ2n) is 7.36. The van der Waals surface area contributed by atoms with Gasteiger partial charge in [0.15, 0.2) is 0 Å². The maximum absolute atomic E-state index is 12.2. The summed E-state index contributed by atoms with van der Waals surface area (Å²) >= 11 is 0. The number of alkyl carbamates (subject to hydrolysis) is 1. The fourth-order valence-corrected chi connectivity index (χ4v) is 2.45. The van der Waals surface area contributed by atoms with Crippen molar-refractivity contribution in [3.63, 3.8) is 0 Å². The van der Waals surface area contributed by atoms with Gasteiger partial charge in [0.2, 0.25) is 0 Å². The van der Waals surface area contributed by atoms with Gasteiger partial charge in [-0.15, -0.1) is 0 Å². The third-order valence-electron chi connectivity index (χ3n) is 3.65. The van der Waals surface area contributed by atoms with Crippen LogP contribution in [0, 0.1) is 11.8 Å². The zero-order valence-corrected chi connectivity index (χ0v) is 14.4. The lowest BCUT2D eigenvalue weighted by atomic mass is 9.96. The van der Waals surface area contributed by atoms with E-state index in [9.17, 15) is 14.7 Å². The Bertz CT molecular complexity index is 390. The highest BCUT2D eigenvalue weighted by molar-refractivity contribution is 5.81. The molecule has 1 saturated heterocycles. The number of aliphatic hydroxyl groups is 1. The summed E-state index contributed by atoms with van der Waals surface area (Å²) in [6.45, 7) is 10.8. The van der Waals surface area contributed by atoms with E-state index in [2.05, 4.69) is 5.32 Å². The summed E-state index contributed by atoms with van der Waals surface area (Å²) < 4.78 is 5.20. The number of carbonyl (C=O) groups excluding carboxylic acids is 2. The molecule has 1 unspecified atom stereocenters. The zero-order chi connectivity index (χ0) is 16.9. The Kier molecular flexibility index (Phi) is 6.66. The van der Waals surface area contributed by atoms with Crippen molar-refractivity contribution in [3.8, 4) is 0 Å². The predicted octanol–water partition coefficient (Wildman–Crippen LogP) is 1.77. The molecule has 6 heteroatoms. The molecule has 1 heterocycles. The first kappa shape index (κ1) is 18.7. The zero-order valence-electron chi connectivity index (χ0n) is 14.4. The molecule has 0 saturated carbocycles. The van der Waals surface area contributed by atoms with E-state index in [1.807, 2.05) is 34.6 Å². The van der Waals surface area contributed by atoms with Crippen molar-refractivity contribution >= 4 is 12.0 Å². The van der Waals surface area contributed by atoms with Gasteiger partial charge in [-0.25, -0.2) is 4.79 Å². The van der Waals surface area contributed by atoms with E-state index in [-0.39, 0.29) is 17.7 Å². The van der Waals surface area contributed by atoms with Crippen LogP contribution in [0.2, 0.25) is 0 Å². The lowest BCUT2D eigenvalue weighted by Crippen LogP contribution is -2.48. The van der Waals surface area contributed by atoms with Crippen molar-refractivity contribution in [2.45, 2.75) is 59.2 Å². The first-order valence-corrected chi connectivity index (χ1v) is 8.04. The highest BCUT2D eigenvalue weighted by Gasteiger charge is 2.29. The number of likely N-dealkylation sites (tertiary alicyclic amines) is 1. The Balaban J connectivity index is 2.44. The summed E-state index contributed by atoms with van der Waals surface area (Å²) in [5.41, 5.74) is -0.514. The third kappa shape index (κ3) is 6.22. The summed E-state index contributed by atoms with van der Waals surface area (Å²) in [7, 11) is 0. The van der Waals surface area contributed by atoms with Crippen LogP contribution >= 0.6 is 0 Å². The molecule has 2 N–H and O–H groups in total. The Hall–Kier alpha value is -1.30. The predicted molar refractivity (Wildman–Crippen MR) is 84.4 cm³/mol. The molecule has 0 bridgehead atoms. The fraction of sp³-hybridized carbons (Fsp3) is 0.875. The fourth-order valence-electron chi connectivity index (χ4n) is 2.45. The number of hydrogen-bond acceptors (Lipinski definition) is 4. The van der Waals surface area contributed by atoms with E-state index >= 15 is 0 Å². The molecule has 0 aromatic rings. The van der Waals surface area contributed by atoms with Gasteiger partial charge in [0, 0.05) is 19.6 Å². The lowest BCUT2D eigenvalue weighted by molar-refractivity contribution is -0.144. The van der Waals surface area contributed by atoms with Gasteiger partial charge >= 0.3 is 6.09 Å². The molecule has 1 aliphatic rings. The minimum atomic E-state index is -0.947. The topological polar surface area (TPSA) is 78.9 Å².